The average molecular weight is 452 g/mol. The molecule has 2 aromatic rings. The van der Waals surface area contributed by atoms with E-state index in [4.69, 9.17) is 4.74 Å². The van der Waals surface area contributed by atoms with Crippen molar-refractivity contribution in [3.8, 4) is 0 Å². The number of ketones is 1. The predicted molar refractivity (Wildman–Crippen MR) is 124 cm³/mol. The van der Waals surface area contributed by atoms with Crippen molar-refractivity contribution in [2.24, 2.45) is 0 Å². The zero-order chi connectivity index (χ0) is 22.8. The van der Waals surface area contributed by atoms with Crippen LogP contribution in [0.5, 0.6) is 0 Å². The highest BCUT2D eigenvalue weighted by atomic mass is 32.2. The lowest BCUT2D eigenvalue weighted by molar-refractivity contribution is -0.138. The molecule has 0 saturated heterocycles. The van der Waals surface area contributed by atoms with Crippen molar-refractivity contribution in [1.82, 2.24) is 5.32 Å². The molecule has 2 atom stereocenters. The van der Waals surface area contributed by atoms with Gasteiger partial charge in [0.15, 0.2) is 5.78 Å². The smallest absolute Gasteiger partial charge is 0.336 e. The van der Waals surface area contributed by atoms with Gasteiger partial charge in [-0.05, 0) is 67.8 Å². The van der Waals surface area contributed by atoms with E-state index < -0.39 is 11.9 Å². The molecule has 2 aliphatic rings. The molecule has 0 saturated carbocycles. The van der Waals surface area contributed by atoms with Gasteiger partial charge in [-0.25, -0.2) is 9.18 Å². The Hall–Kier alpha value is -2.86. The number of carbonyl (C=O) groups is 2. The Balaban J connectivity index is 1.78. The van der Waals surface area contributed by atoms with E-state index in [9.17, 15) is 14.0 Å². The van der Waals surface area contributed by atoms with E-state index in [1.807, 2.05) is 37.4 Å². The second-order valence-corrected chi connectivity index (χ2v) is 8.94. The number of halogens is 1. The molecule has 0 amide bonds. The maximum Gasteiger partial charge on any atom is 0.336 e. The van der Waals surface area contributed by atoms with E-state index in [1.165, 1.54) is 12.1 Å². The Bertz CT molecular complexity index is 1100. The third-order valence-electron chi connectivity index (χ3n) is 6.11. The van der Waals surface area contributed by atoms with E-state index in [0.717, 1.165) is 21.7 Å². The van der Waals surface area contributed by atoms with Gasteiger partial charge in [-0.2, -0.15) is 0 Å². The quantitative estimate of drug-likeness (QED) is 0.482. The van der Waals surface area contributed by atoms with E-state index in [-0.39, 0.29) is 24.1 Å². The molecule has 0 aromatic heterocycles. The maximum absolute atomic E-state index is 13.5. The van der Waals surface area contributed by atoms with Crippen LogP contribution in [0, 0.1) is 5.82 Å². The summed E-state index contributed by atoms with van der Waals surface area (Å²) in [7, 11) is 0. The van der Waals surface area contributed by atoms with E-state index in [1.54, 1.807) is 30.8 Å². The van der Waals surface area contributed by atoms with Gasteiger partial charge in [0.1, 0.15) is 5.82 Å². The summed E-state index contributed by atoms with van der Waals surface area (Å²) in [5.74, 6) is -1.20. The van der Waals surface area contributed by atoms with E-state index in [2.05, 4.69) is 5.32 Å². The Morgan fingerprint density at radius 1 is 1.09 bits per heavy atom. The molecule has 6 heteroatoms. The third kappa shape index (κ3) is 4.24. The van der Waals surface area contributed by atoms with Crippen molar-refractivity contribution in [2.75, 3.05) is 12.9 Å². The topological polar surface area (TPSA) is 55.4 Å². The van der Waals surface area contributed by atoms with Crippen molar-refractivity contribution in [1.29, 1.82) is 0 Å². The SMILES string of the molecule is CCOC(=O)C1=C(C)NC2=C(C(=O)C[C@H](c3ccc(F)cc3)C2)[C@@H]1c1ccc(SC)cc1. The minimum absolute atomic E-state index is 0.00122. The van der Waals surface area contributed by atoms with Gasteiger partial charge in [0.2, 0.25) is 0 Å². The van der Waals surface area contributed by atoms with Crippen molar-refractivity contribution in [3.05, 3.63) is 88.0 Å². The van der Waals surface area contributed by atoms with Crippen LogP contribution in [0.1, 0.15) is 49.7 Å². The minimum atomic E-state index is -0.470. The number of thioether (sulfide) groups is 1. The monoisotopic (exact) mass is 451 g/mol. The Kier molecular flexibility index (Phi) is 6.51. The largest absolute Gasteiger partial charge is 0.463 e. The zero-order valence-electron chi connectivity index (χ0n) is 18.4. The summed E-state index contributed by atoms with van der Waals surface area (Å²) in [5.41, 5.74) is 4.48. The zero-order valence-corrected chi connectivity index (χ0v) is 19.2. The number of nitrogens with one attached hydrogen (secondary N) is 1. The number of carbonyl (C=O) groups excluding carboxylic acids is 2. The molecule has 166 valence electrons. The van der Waals surface area contributed by atoms with Gasteiger partial charge in [0, 0.05) is 34.2 Å². The van der Waals surface area contributed by atoms with Crippen LogP contribution in [0.15, 0.2) is 76.0 Å². The molecule has 1 aliphatic carbocycles. The normalized spacial score (nSPS) is 20.7. The van der Waals surface area contributed by atoms with Gasteiger partial charge < -0.3 is 10.1 Å². The first-order valence-corrected chi connectivity index (χ1v) is 12.0. The molecule has 0 bridgehead atoms. The van der Waals surface area contributed by atoms with Crippen LogP contribution in [0.3, 0.4) is 0 Å². The molecule has 32 heavy (non-hydrogen) atoms. The highest BCUT2D eigenvalue weighted by Gasteiger charge is 2.41. The number of allylic oxidation sites excluding steroid dienone is 3. The number of ether oxygens (including phenoxy) is 1. The minimum Gasteiger partial charge on any atom is -0.463 e. The van der Waals surface area contributed by atoms with Crippen molar-refractivity contribution in [3.63, 3.8) is 0 Å². The summed E-state index contributed by atoms with van der Waals surface area (Å²) < 4.78 is 18.7. The number of hydrogen-bond acceptors (Lipinski definition) is 5. The maximum atomic E-state index is 13.5. The average Bonchev–Trinajstić information content (AvgIpc) is 2.78. The van der Waals surface area contributed by atoms with Gasteiger partial charge in [-0.1, -0.05) is 24.3 Å². The number of hydrogen-bond donors (Lipinski definition) is 1. The number of esters is 1. The Morgan fingerprint density at radius 3 is 2.38 bits per heavy atom. The molecular formula is C26H26FNO3S. The highest BCUT2D eigenvalue weighted by Crippen LogP contribution is 2.45. The lowest BCUT2D eigenvalue weighted by atomic mass is 9.72. The van der Waals surface area contributed by atoms with Crippen LogP contribution in [0.2, 0.25) is 0 Å². The molecule has 0 unspecified atom stereocenters. The standard InChI is InChI=1S/C26H26FNO3S/c1-4-31-26(30)23-15(2)28-21-13-18(16-5-9-19(27)10-6-16)14-22(29)25(21)24(23)17-7-11-20(32-3)12-8-17/h5-12,18,24,28H,4,13-14H2,1-3H3/t18-,24-/m1/s1. The fourth-order valence-corrected chi connectivity index (χ4v) is 5.03. The molecule has 1 heterocycles. The van der Waals surface area contributed by atoms with Crippen LogP contribution in [0.25, 0.3) is 0 Å². The van der Waals surface area contributed by atoms with Crippen LogP contribution in [-0.4, -0.2) is 24.6 Å². The summed E-state index contributed by atoms with van der Waals surface area (Å²) in [5, 5.41) is 3.33. The molecule has 1 aliphatic heterocycles. The lowest BCUT2D eigenvalue weighted by Crippen LogP contribution is -2.36. The summed E-state index contributed by atoms with van der Waals surface area (Å²) in [6, 6.07) is 14.3. The number of rotatable bonds is 5. The van der Waals surface area contributed by atoms with E-state index in [0.29, 0.717) is 29.7 Å². The first-order valence-electron chi connectivity index (χ1n) is 10.7. The number of Topliss-reactive ketones (excluding diaryl/α,β-unsaturated/α-hetero) is 1. The lowest BCUT2D eigenvalue weighted by Gasteiger charge is -2.36. The summed E-state index contributed by atoms with van der Waals surface area (Å²) in [4.78, 5) is 27.5. The third-order valence-corrected chi connectivity index (χ3v) is 6.86. The van der Waals surface area contributed by atoms with Crippen molar-refractivity contribution < 1.29 is 18.7 Å². The number of dihydropyridines is 1. The summed E-state index contributed by atoms with van der Waals surface area (Å²) in [6.07, 6.45) is 2.95. The predicted octanol–water partition coefficient (Wildman–Crippen LogP) is 5.47. The number of benzene rings is 2. The summed E-state index contributed by atoms with van der Waals surface area (Å²) in [6.45, 7) is 3.89. The van der Waals surface area contributed by atoms with Crippen molar-refractivity contribution in [2.45, 2.75) is 43.4 Å². The Morgan fingerprint density at radius 2 is 1.75 bits per heavy atom. The molecular weight excluding hydrogens is 425 g/mol. The fourth-order valence-electron chi connectivity index (χ4n) is 4.62. The van der Waals surface area contributed by atoms with Crippen molar-refractivity contribution >= 4 is 23.5 Å². The second kappa shape index (κ2) is 9.33. The van der Waals surface area contributed by atoms with Crippen LogP contribution in [-0.2, 0) is 14.3 Å². The first-order chi connectivity index (χ1) is 15.4. The second-order valence-electron chi connectivity index (χ2n) is 8.06. The molecule has 0 spiro atoms. The van der Waals surface area contributed by atoms with E-state index >= 15 is 0 Å². The molecule has 2 aromatic carbocycles. The highest BCUT2D eigenvalue weighted by molar-refractivity contribution is 7.98. The fraction of sp³-hybridized carbons (Fsp3) is 0.308. The molecule has 0 fully saturated rings. The molecule has 1 N–H and O–H groups in total. The van der Waals surface area contributed by atoms with Crippen LogP contribution >= 0.6 is 11.8 Å². The first kappa shape index (κ1) is 22.3. The van der Waals surface area contributed by atoms with Gasteiger partial charge >= 0.3 is 5.97 Å². The van der Waals surface area contributed by atoms with Crippen LogP contribution < -0.4 is 5.32 Å². The summed E-state index contributed by atoms with van der Waals surface area (Å²) >= 11 is 1.64. The van der Waals surface area contributed by atoms with Crippen LogP contribution in [0.4, 0.5) is 4.39 Å². The van der Waals surface area contributed by atoms with Gasteiger partial charge in [0.25, 0.3) is 0 Å². The molecule has 4 rings (SSSR count). The van der Waals surface area contributed by atoms with Gasteiger partial charge in [0.05, 0.1) is 12.2 Å². The molecule has 4 nitrogen and oxygen atoms in total. The Labute approximate surface area is 191 Å². The van der Waals surface area contributed by atoms with Gasteiger partial charge in [-0.15, -0.1) is 11.8 Å². The van der Waals surface area contributed by atoms with Gasteiger partial charge in [-0.3, -0.25) is 4.79 Å². The molecule has 0 radical (unpaired) electrons.